The van der Waals surface area contributed by atoms with Gasteiger partial charge in [-0.3, -0.25) is 4.79 Å². The molecule has 0 saturated heterocycles. The molecule has 0 aliphatic heterocycles. The SMILES string of the molecule is C#CCN(CC(=O)O)C(=O)NC(C)C(=O)OCC. The highest BCUT2D eigenvalue weighted by atomic mass is 16.5. The first-order valence-electron chi connectivity index (χ1n) is 5.29. The van der Waals surface area contributed by atoms with Crippen molar-refractivity contribution in [3.05, 3.63) is 0 Å². The summed E-state index contributed by atoms with van der Waals surface area (Å²) in [5.74, 6) is 0.381. The maximum atomic E-state index is 11.6. The third kappa shape index (κ3) is 5.75. The first-order valence-corrected chi connectivity index (χ1v) is 5.29. The molecule has 100 valence electrons. The number of hydrogen-bond acceptors (Lipinski definition) is 4. The fourth-order valence-electron chi connectivity index (χ4n) is 1.08. The van der Waals surface area contributed by atoms with Crippen LogP contribution >= 0.6 is 0 Å². The van der Waals surface area contributed by atoms with Gasteiger partial charge in [-0.25, -0.2) is 9.59 Å². The van der Waals surface area contributed by atoms with E-state index in [1.54, 1.807) is 6.92 Å². The Hall–Kier alpha value is -2.23. The number of urea groups is 1. The highest BCUT2D eigenvalue weighted by molar-refractivity contribution is 5.85. The summed E-state index contributed by atoms with van der Waals surface area (Å²) in [6.07, 6.45) is 5.03. The van der Waals surface area contributed by atoms with Gasteiger partial charge in [-0.1, -0.05) is 5.92 Å². The Balaban J connectivity index is 4.46. The first kappa shape index (κ1) is 15.8. The number of terminal acetylenes is 1. The lowest BCUT2D eigenvalue weighted by Crippen LogP contribution is -2.48. The standard InChI is InChI=1S/C11H16N2O5/c1-4-6-13(7-9(14)15)11(17)12-8(3)10(16)18-5-2/h1,8H,5-7H2,2-3H3,(H,12,17)(H,14,15). The monoisotopic (exact) mass is 256 g/mol. The van der Waals surface area contributed by atoms with Gasteiger partial charge >= 0.3 is 18.0 Å². The number of carboxylic acids is 1. The van der Waals surface area contributed by atoms with E-state index < -0.39 is 30.6 Å². The molecule has 0 aromatic heterocycles. The average Bonchev–Trinajstić information content (AvgIpc) is 2.28. The van der Waals surface area contributed by atoms with Gasteiger partial charge in [0.1, 0.15) is 12.6 Å². The molecule has 0 aliphatic rings. The van der Waals surface area contributed by atoms with E-state index in [0.717, 1.165) is 4.90 Å². The molecule has 0 aliphatic carbocycles. The Morgan fingerprint density at radius 1 is 1.50 bits per heavy atom. The molecule has 0 spiro atoms. The van der Waals surface area contributed by atoms with Gasteiger partial charge in [-0.2, -0.15) is 0 Å². The Morgan fingerprint density at radius 3 is 2.56 bits per heavy atom. The van der Waals surface area contributed by atoms with Crippen molar-refractivity contribution >= 4 is 18.0 Å². The zero-order valence-corrected chi connectivity index (χ0v) is 10.3. The average molecular weight is 256 g/mol. The minimum absolute atomic E-state index is 0.159. The molecule has 7 nitrogen and oxygen atoms in total. The lowest BCUT2D eigenvalue weighted by atomic mass is 10.3. The van der Waals surface area contributed by atoms with Gasteiger partial charge in [-0.05, 0) is 13.8 Å². The topological polar surface area (TPSA) is 95.9 Å². The number of amides is 2. The second kappa shape index (κ2) is 7.95. The van der Waals surface area contributed by atoms with Crippen molar-refractivity contribution < 1.29 is 24.2 Å². The van der Waals surface area contributed by atoms with E-state index in [-0.39, 0.29) is 13.2 Å². The molecule has 1 unspecified atom stereocenters. The second-order valence-corrected chi connectivity index (χ2v) is 3.38. The van der Waals surface area contributed by atoms with Crippen molar-refractivity contribution in [2.75, 3.05) is 19.7 Å². The summed E-state index contributed by atoms with van der Waals surface area (Å²) in [6.45, 7) is 2.58. The molecular formula is C11H16N2O5. The molecule has 0 bridgehead atoms. The van der Waals surface area contributed by atoms with Crippen molar-refractivity contribution in [3.63, 3.8) is 0 Å². The number of carbonyl (C=O) groups excluding carboxylic acids is 2. The van der Waals surface area contributed by atoms with Crippen molar-refractivity contribution in [1.82, 2.24) is 10.2 Å². The molecule has 18 heavy (non-hydrogen) atoms. The Bertz CT molecular complexity index is 361. The van der Waals surface area contributed by atoms with Crippen LogP contribution in [0.15, 0.2) is 0 Å². The molecule has 0 saturated carbocycles. The van der Waals surface area contributed by atoms with Gasteiger partial charge in [0.25, 0.3) is 0 Å². The molecule has 2 N–H and O–H groups in total. The minimum Gasteiger partial charge on any atom is -0.480 e. The number of aliphatic carboxylic acids is 1. The summed E-state index contributed by atoms with van der Waals surface area (Å²) >= 11 is 0. The number of rotatable bonds is 6. The summed E-state index contributed by atoms with van der Waals surface area (Å²) in [4.78, 5) is 34.3. The van der Waals surface area contributed by atoms with Crippen LogP contribution in [0.25, 0.3) is 0 Å². The Kier molecular flexibility index (Phi) is 6.96. The van der Waals surface area contributed by atoms with Crippen LogP contribution in [0.3, 0.4) is 0 Å². The summed E-state index contributed by atoms with van der Waals surface area (Å²) in [7, 11) is 0. The van der Waals surface area contributed by atoms with Crippen LogP contribution in [0.4, 0.5) is 4.79 Å². The van der Waals surface area contributed by atoms with Crippen LogP contribution in [0.1, 0.15) is 13.8 Å². The molecular weight excluding hydrogens is 240 g/mol. The quantitative estimate of drug-likeness (QED) is 0.501. The number of carboxylic acid groups (broad SMARTS) is 1. The Morgan fingerprint density at radius 2 is 2.11 bits per heavy atom. The lowest BCUT2D eigenvalue weighted by molar-refractivity contribution is -0.144. The first-order chi connectivity index (χ1) is 8.42. The molecule has 0 heterocycles. The number of esters is 1. The van der Waals surface area contributed by atoms with E-state index in [2.05, 4.69) is 11.2 Å². The van der Waals surface area contributed by atoms with Crippen LogP contribution in [0, 0.1) is 12.3 Å². The third-order valence-corrected chi connectivity index (χ3v) is 1.88. The van der Waals surface area contributed by atoms with Gasteiger partial charge in [-0.15, -0.1) is 6.42 Å². The molecule has 0 aromatic carbocycles. The van der Waals surface area contributed by atoms with E-state index in [0.29, 0.717) is 0 Å². The van der Waals surface area contributed by atoms with E-state index in [1.165, 1.54) is 6.92 Å². The van der Waals surface area contributed by atoms with Gasteiger partial charge in [0, 0.05) is 0 Å². The highest BCUT2D eigenvalue weighted by Gasteiger charge is 2.21. The molecule has 2 amide bonds. The number of nitrogens with zero attached hydrogens (tertiary/aromatic N) is 1. The minimum atomic E-state index is -1.19. The fourth-order valence-corrected chi connectivity index (χ4v) is 1.08. The largest absolute Gasteiger partial charge is 0.480 e. The zero-order valence-electron chi connectivity index (χ0n) is 10.3. The predicted molar refractivity (Wildman–Crippen MR) is 62.7 cm³/mol. The van der Waals surface area contributed by atoms with Crippen molar-refractivity contribution in [3.8, 4) is 12.3 Å². The van der Waals surface area contributed by atoms with Crippen LogP contribution in [0.5, 0.6) is 0 Å². The van der Waals surface area contributed by atoms with Gasteiger partial charge in [0.15, 0.2) is 0 Å². The van der Waals surface area contributed by atoms with Gasteiger partial charge < -0.3 is 20.1 Å². The maximum absolute atomic E-state index is 11.6. The predicted octanol–water partition coefficient (Wildman–Crippen LogP) is -0.333. The normalized spacial score (nSPS) is 10.9. The number of hydrogen-bond donors (Lipinski definition) is 2. The van der Waals surface area contributed by atoms with E-state index in [4.69, 9.17) is 16.3 Å². The summed E-state index contributed by atoms with van der Waals surface area (Å²) < 4.78 is 4.70. The zero-order chi connectivity index (χ0) is 14.1. The van der Waals surface area contributed by atoms with Crippen LogP contribution in [-0.2, 0) is 14.3 Å². The van der Waals surface area contributed by atoms with Gasteiger partial charge in [0.05, 0.1) is 13.2 Å². The second-order valence-electron chi connectivity index (χ2n) is 3.38. The lowest BCUT2D eigenvalue weighted by Gasteiger charge is -2.21. The number of carbonyl (C=O) groups is 3. The van der Waals surface area contributed by atoms with E-state index in [1.807, 2.05) is 0 Å². The fraction of sp³-hybridized carbons (Fsp3) is 0.545. The Labute approximate surface area is 105 Å². The molecule has 7 heteroatoms. The molecule has 0 radical (unpaired) electrons. The maximum Gasteiger partial charge on any atom is 0.328 e. The summed E-state index contributed by atoms with van der Waals surface area (Å²) in [5.41, 5.74) is 0. The molecule has 0 rings (SSSR count). The van der Waals surface area contributed by atoms with E-state index in [9.17, 15) is 14.4 Å². The van der Waals surface area contributed by atoms with Crippen LogP contribution < -0.4 is 5.32 Å². The van der Waals surface area contributed by atoms with Crippen LogP contribution in [0.2, 0.25) is 0 Å². The van der Waals surface area contributed by atoms with Crippen molar-refractivity contribution in [1.29, 1.82) is 0 Å². The van der Waals surface area contributed by atoms with Crippen molar-refractivity contribution in [2.45, 2.75) is 19.9 Å². The third-order valence-electron chi connectivity index (χ3n) is 1.88. The summed E-state index contributed by atoms with van der Waals surface area (Å²) in [6, 6.07) is -1.59. The van der Waals surface area contributed by atoms with Crippen molar-refractivity contribution in [2.24, 2.45) is 0 Å². The number of ether oxygens (including phenoxy) is 1. The summed E-state index contributed by atoms with van der Waals surface area (Å²) in [5, 5.41) is 10.9. The molecule has 1 atom stereocenters. The highest BCUT2D eigenvalue weighted by Crippen LogP contribution is 1.94. The number of nitrogens with one attached hydrogen (secondary N) is 1. The molecule has 0 aromatic rings. The molecule has 0 fully saturated rings. The van der Waals surface area contributed by atoms with E-state index >= 15 is 0 Å². The van der Waals surface area contributed by atoms with Gasteiger partial charge in [0.2, 0.25) is 0 Å². The smallest absolute Gasteiger partial charge is 0.328 e. The van der Waals surface area contributed by atoms with Crippen LogP contribution in [-0.4, -0.2) is 53.7 Å².